The van der Waals surface area contributed by atoms with E-state index in [0.717, 1.165) is 33.5 Å². The van der Waals surface area contributed by atoms with Crippen molar-refractivity contribution in [3.8, 4) is 0 Å². The summed E-state index contributed by atoms with van der Waals surface area (Å²) in [6, 6.07) is 23.6. The maximum Gasteiger partial charge on any atom is 0.252 e. The molecule has 2 N–H and O–H groups in total. The van der Waals surface area contributed by atoms with Gasteiger partial charge in [-0.05, 0) is 47.2 Å². The van der Waals surface area contributed by atoms with Crippen LogP contribution in [0, 0.1) is 0 Å². The summed E-state index contributed by atoms with van der Waals surface area (Å²) in [5.41, 5.74) is 5.73. The van der Waals surface area contributed by atoms with E-state index < -0.39 is 0 Å². The predicted molar refractivity (Wildman–Crippen MR) is 116 cm³/mol. The van der Waals surface area contributed by atoms with Crippen LogP contribution in [-0.2, 0) is 5.75 Å². The second-order valence-corrected chi connectivity index (χ2v) is 7.50. The molecule has 1 aromatic heterocycles. The largest absolute Gasteiger partial charge is 0.345 e. The molecule has 4 rings (SSSR count). The normalized spacial score (nSPS) is 12.0. The van der Waals surface area contributed by atoms with Crippen molar-refractivity contribution in [2.24, 2.45) is 0 Å². The second kappa shape index (κ2) is 8.31. The zero-order valence-electron chi connectivity index (χ0n) is 15.6. The molecule has 1 heterocycles. The molecule has 0 aliphatic heterocycles. The number of hydrogen-bond acceptors (Lipinski definition) is 3. The Balaban J connectivity index is 1.68. The number of aromatic nitrogens is 2. The summed E-state index contributed by atoms with van der Waals surface area (Å²) in [5, 5.41) is 3.21. The van der Waals surface area contributed by atoms with Crippen LogP contribution in [0.3, 0.4) is 0 Å². The number of carbonyl (C=O) groups is 1. The summed E-state index contributed by atoms with van der Waals surface area (Å²) in [6.07, 6.45) is 3.74. The average molecular weight is 388 g/mol. The first-order valence-corrected chi connectivity index (χ1v) is 10.5. The first-order valence-electron chi connectivity index (χ1n) is 9.11. The molecule has 0 spiro atoms. The molecule has 140 valence electrons. The molecule has 0 aliphatic rings. The molecule has 1 unspecified atom stereocenters. The molecular weight excluding hydrogens is 366 g/mol. The lowest BCUT2D eigenvalue weighted by atomic mass is 9.97. The van der Waals surface area contributed by atoms with E-state index in [1.165, 1.54) is 0 Å². The highest BCUT2D eigenvalue weighted by molar-refractivity contribution is 7.97. The van der Waals surface area contributed by atoms with Crippen molar-refractivity contribution < 1.29 is 4.79 Å². The number of thioether (sulfide) groups is 1. The quantitative estimate of drug-likeness (QED) is 0.492. The van der Waals surface area contributed by atoms with Gasteiger partial charge in [0.25, 0.3) is 5.91 Å². The number of nitrogens with one attached hydrogen (secondary N) is 2. The van der Waals surface area contributed by atoms with Crippen LogP contribution in [-0.4, -0.2) is 22.1 Å². The lowest BCUT2D eigenvalue weighted by Gasteiger charge is -2.20. The number of fused-ring (bicyclic) bond motifs is 1. The number of hydrogen-bond donors (Lipinski definition) is 2. The van der Waals surface area contributed by atoms with Crippen molar-refractivity contribution in [2.45, 2.75) is 11.8 Å². The third kappa shape index (κ3) is 3.94. The number of H-pyrrole nitrogens is 1. The Morgan fingerprint density at radius 2 is 1.89 bits per heavy atom. The molecule has 0 fully saturated rings. The Labute approximate surface area is 168 Å². The van der Waals surface area contributed by atoms with E-state index in [2.05, 4.69) is 21.5 Å². The Morgan fingerprint density at radius 1 is 1.04 bits per heavy atom. The molecule has 4 nitrogen and oxygen atoms in total. The number of imidazole rings is 1. The minimum Gasteiger partial charge on any atom is -0.345 e. The summed E-state index contributed by atoms with van der Waals surface area (Å²) < 4.78 is 0. The van der Waals surface area contributed by atoms with Crippen LogP contribution < -0.4 is 5.32 Å². The van der Waals surface area contributed by atoms with Gasteiger partial charge in [-0.25, -0.2) is 4.98 Å². The molecule has 0 saturated heterocycles. The smallest absolute Gasteiger partial charge is 0.252 e. The van der Waals surface area contributed by atoms with Crippen LogP contribution in [0.25, 0.3) is 11.0 Å². The fourth-order valence-electron chi connectivity index (χ4n) is 3.32. The summed E-state index contributed by atoms with van der Waals surface area (Å²) in [7, 11) is 0. The molecule has 5 heteroatoms. The van der Waals surface area contributed by atoms with E-state index in [0.29, 0.717) is 5.56 Å². The maximum absolute atomic E-state index is 13.0. The Hall–Kier alpha value is -3.05. The molecule has 0 bridgehead atoms. The van der Waals surface area contributed by atoms with Gasteiger partial charge in [0.05, 0.1) is 23.4 Å². The van der Waals surface area contributed by atoms with Gasteiger partial charge in [-0.15, -0.1) is 0 Å². The minimum absolute atomic E-state index is 0.0819. The summed E-state index contributed by atoms with van der Waals surface area (Å²) in [4.78, 5) is 20.5. The Bertz CT molecular complexity index is 1090. The van der Waals surface area contributed by atoms with E-state index in [1.807, 2.05) is 72.8 Å². The van der Waals surface area contributed by atoms with Gasteiger partial charge in [0.2, 0.25) is 0 Å². The van der Waals surface area contributed by atoms with Gasteiger partial charge in [0.15, 0.2) is 0 Å². The van der Waals surface area contributed by atoms with E-state index in [4.69, 9.17) is 0 Å². The molecular formula is C23H21N3OS. The first kappa shape index (κ1) is 18.3. The van der Waals surface area contributed by atoms with Gasteiger partial charge in [-0.1, -0.05) is 48.5 Å². The monoisotopic (exact) mass is 387 g/mol. The van der Waals surface area contributed by atoms with Crippen molar-refractivity contribution in [3.63, 3.8) is 0 Å². The van der Waals surface area contributed by atoms with E-state index in [-0.39, 0.29) is 11.9 Å². The fraction of sp³-hybridized carbons (Fsp3) is 0.130. The number of amides is 1. The predicted octanol–water partition coefficient (Wildman–Crippen LogP) is 4.95. The van der Waals surface area contributed by atoms with Crippen LogP contribution in [0.5, 0.6) is 0 Å². The van der Waals surface area contributed by atoms with Crippen molar-refractivity contribution >= 4 is 28.7 Å². The van der Waals surface area contributed by atoms with E-state index in [9.17, 15) is 4.79 Å². The first-order chi connectivity index (χ1) is 13.7. The number of nitrogens with zero attached hydrogens (tertiary/aromatic N) is 1. The van der Waals surface area contributed by atoms with Crippen molar-refractivity contribution in [3.05, 3.63) is 101 Å². The third-order valence-corrected chi connectivity index (χ3v) is 5.31. The highest BCUT2D eigenvalue weighted by Crippen LogP contribution is 2.25. The highest BCUT2D eigenvalue weighted by Gasteiger charge is 2.18. The van der Waals surface area contributed by atoms with Gasteiger partial charge < -0.3 is 10.3 Å². The van der Waals surface area contributed by atoms with E-state index >= 15 is 0 Å². The second-order valence-electron chi connectivity index (χ2n) is 6.63. The van der Waals surface area contributed by atoms with Gasteiger partial charge in [-0.3, -0.25) is 4.79 Å². The number of benzene rings is 3. The lowest BCUT2D eigenvalue weighted by Crippen LogP contribution is -2.29. The number of rotatable bonds is 6. The topological polar surface area (TPSA) is 57.8 Å². The number of aromatic amines is 1. The number of carbonyl (C=O) groups excluding carboxylic acids is 1. The van der Waals surface area contributed by atoms with Crippen LogP contribution in [0.4, 0.5) is 0 Å². The summed E-state index contributed by atoms with van der Waals surface area (Å²) >= 11 is 1.74. The zero-order valence-corrected chi connectivity index (χ0v) is 16.4. The maximum atomic E-state index is 13.0. The van der Waals surface area contributed by atoms with E-state index in [1.54, 1.807) is 18.1 Å². The Kier molecular flexibility index (Phi) is 5.44. The van der Waals surface area contributed by atoms with Gasteiger partial charge >= 0.3 is 0 Å². The molecule has 0 radical (unpaired) electrons. The van der Waals surface area contributed by atoms with Crippen LogP contribution >= 0.6 is 11.8 Å². The van der Waals surface area contributed by atoms with Gasteiger partial charge in [-0.2, -0.15) is 11.8 Å². The van der Waals surface area contributed by atoms with Gasteiger partial charge in [0.1, 0.15) is 0 Å². The lowest BCUT2D eigenvalue weighted by molar-refractivity contribution is 0.0943. The molecule has 28 heavy (non-hydrogen) atoms. The summed E-state index contributed by atoms with van der Waals surface area (Å²) in [5.74, 6) is 0.807. The van der Waals surface area contributed by atoms with Crippen molar-refractivity contribution in [2.75, 3.05) is 6.26 Å². The Morgan fingerprint density at radius 3 is 2.71 bits per heavy atom. The highest BCUT2D eigenvalue weighted by atomic mass is 32.2. The van der Waals surface area contributed by atoms with Gasteiger partial charge in [0, 0.05) is 11.3 Å². The zero-order chi connectivity index (χ0) is 19.3. The SMILES string of the molecule is CSCc1cccc(C(=O)NC(c2ccccc2)c2ccc3nc[nH]c3c2)c1. The fourth-order valence-corrected chi connectivity index (χ4v) is 3.83. The van der Waals surface area contributed by atoms with Crippen LogP contribution in [0.2, 0.25) is 0 Å². The molecule has 4 aromatic rings. The van der Waals surface area contributed by atoms with Crippen LogP contribution in [0.1, 0.15) is 33.1 Å². The average Bonchev–Trinajstić information content (AvgIpc) is 3.21. The van der Waals surface area contributed by atoms with Crippen LogP contribution in [0.15, 0.2) is 79.1 Å². The van der Waals surface area contributed by atoms with Crippen molar-refractivity contribution in [1.82, 2.24) is 15.3 Å². The molecule has 1 atom stereocenters. The van der Waals surface area contributed by atoms with Crippen molar-refractivity contribution in [1.29, 1.82) is 0 Å². The third-order valence-electron chi connectivity index (χ3n) is 4.69. The molecule has 1 amide bonds. The molecule has 3 aromatic carbocycles. The summed E-state index contributed by atoms with van der Waals surface area (Å²) in [6.45, 7) is 0. The standard InChI is InChI=1S/C23H21N3OS/c1-28-14-16-6-5-9-19(12-16)23(27)26-22(17-7-3-2-4-8-17)18-10-11-20-21(13-18)25-15-24-20/h2-13,15,22H,14H2,1H3,(H,24,25)(H,26,27). The molecule has 0 saturated carbocycles. The minimum atomic E-state index is -0.245. The molecule has 0 aliphatic carbocycles.